The van der Waals surface area contributed by atoms with Gasteiger partial charge in [0.05, 0.1) is 13.7 Å². The van der Waals surface area contributed by atoms with Crippen LogP contribution in [0.15, 0.2) is 47.5 Å². The molecule has 6 nitrogen and oxygen atoms in total. The summed E-state index contributed by atoms with van der Waals surface area (Å²) >= 11 is 0. The summed E-state index contributed by atoms with van der Waals surface area (Å²) in [5.41, 5.74) is 1.63. The van der Waals surface area contributed by atoms with Crippen molar-refractivity contribution in [3.63, 3.8) is 0 Å². The monoisotopic (exact) mass is 549 g/mol. The van der Waals surface area contributed by atoms with Crippen molar-refractivity contribution in [3.8, 4) is 17.2 Å². The van der Waals surface area contributed by atoms with E-state index in [1.807, 2.05) is 24.3 Å². The fourth-order valence-corrected chi connectivity index (χ4v) is 3.03. The summed E-state index contributed by atoms with van der Waals surface area (Å²) in [7, 11) is 3.30. The van der Waals surface area contributed by atoms with Gasteiger partial charge in [0.15, 0.2) is 17.5 Å². The van der Waals surface area contributed by atoms with Crippen molar-refractivity contribution in [2.75, 3.05) is 27.3 Å². The van der Waals surface area contributed by atoms with Gasteiger partial charge in [0, 0.05) is 31.6 Å². The summed E-state index contributed by atoms with van der Waals surface area (Å²) in [5, 5.41) is 6.38. The smallest absolute Gasteiger partial charge is 0.387 e. The van der Waals surface area contributed by atoms with Gasteiger partial charge in [-0.15, -0.1) is 24.0 Å². The van der Waals surface area contributed by atoms with Crippen molar-refractivity contribution in [3.05, 3.63) is 53.6 Å². The number of hydrogen-bond donors (Lipinski definition) is 2. The molecule has 0 amide bonds. The molecular weight excluding hydrogens is 519 g/mol. The van der Waals surface area contributed by atoms with E-state index in [4.69, 9.17) is 14.2 Å². The SMILES string of the molecule is CCOc1cccc(CNC(=NC)NCC(C)c2ccccc2OC)c1OC(F)F.I. The number of methoxy groups -OCH3 is 1. The molecule has 2 aromatic carbocycles. The van der Waals surface area contributed by atoms with Gasteiger partial charge in [-0.2, -0.15) is 8.78 Å². The zero-order valence-corrected chi connectivity index (χ0v) is 20.5. The zero-order chi connectivity index (χ0) is 21.9. The Morgan fingerprint density at radius 3 is 2.42 bits per heavy atom. The summed E-state index contributed by atoms with van der Waals surface area (Å²) < 4.78 is 41.3. The molecule has 2 aromatic rings. The first-order chi connectivity index (χ1) is 14.5. The molecule has 0 aromatic heterocycles. The molecule has 0 aliphatic rings. The van der Waals surface area contributed by atoms with Gasteiger partial charge in [-0.3, -0.25) is 4.99 Å². The number of guanidine groups is 1. The molecule has 2 N–H and O–H groups in total. The van der Waals surface area contributed by atoms with Crippen LogP contribution in [-0.2, 0) is 6.54 Å². The van der Waals surface area contributed by atoms with Crippen molar-refractivity contribution < 1.29 is 23.0 Å². The maximum Gasteiger partial charge on any atom is 0.387 e. The van der Waals surface area contributed by atoms with Crippen LogP contribution in [0.1, 0.15) is 30.9 Å². The Morgan fingerprint density at radius 2 is 1.77 bits per heavy atom. The van der Waals surface area contributed by atoms with Gasteiger partial charge in [-0.1, -0.05) is 37.3 Å². The minimum atomic E-state index is -2.94. The number of benzene rings is 2. The van der Waals surface area contributed by atoms with Crippen LogP contribution in [-0.4, -0.2) is 39.9 Å². The average molecular weight is 549 g/mol. The van der Waals surface area contributed by atoms with E-state index in [9.17, 15) is 8.78 Å². The van der Waals surface area contributed by atoms with Gasteiger partial charge in [0.25, 0.3) is 0 Å². The molecule has 1 atom stereocenters. The van der Waals surface area contributed by atoms with Crippen molar-refractivity contribution in [1.82, 2.24) is 10.6 Å². The Kier molecular flexibility index (Phi) is 12.0. The van der Waals surface area contributed by atoms with Gasteiger partial charge in [0.1, 0.15) is 5.75 Å². The molecule has 0 aliphatic carbocycles. The Morgan fingerprint density at radius 1 is 1.06 bits per heavy atom. The number of halogens is 3. The lowest BCUT2D eigenvalue weighted by molar-refractivity contribution is -0.0520. The average Bonchev–Trinajstić information content (AvgIpc) is 2.75. The summed E-state index contributed by atoms with van der Waals surface area (Å²) in [4.78, 5) is 4.20. The first-order valence-electron chi connectivity index (χ1n) is 9.77. The Labute approximate surface area is 199 Å². The fraction of sp³-hybridized carbons (Fsp3) is 0.409. The van der Waals surface area contributed by atoms with E-state index >= 15 is 0 Å². The molecule has 31 heavy (non-hydrogen) atoms. The number of nitrogens with one attached hydrogen (secondary N) is 2. The van der Waals surface area contributed by atoms with Gasteiger partial charge in [0.2, 0.25) is 0 Å². The predicted molar refractivity (Wildman–Crippen MR) is 129 cm³/mol. The summed E-state index contributed by atoms with van der Waals surface area (Å²) in [5.74, 6) is 1.85. The second kappa shape index (κ2) is 13.9. The van der Waals surface area contributed by atoms with Crippen molar-refractivity contribution in [2.24, 2.45) is 4.99 Å². The number of aliphatic imine (C=N–C) groups is 1. The highest BCUT2D eigenvalue weighted by Gasteiger charge is 2.16. The number of alkyl halides is 2. The molecule has 0 heterocycles. The maximum absolute atomic E-state index is 12.9. The molecule has 0 fully saturated rings. The van der Waals surface area contributed by atoms with E-state index in [-0.39, 0.29) is 47.9 Å². The molecule has 1 unspecified atom stereocenters. The van der Waals surface area contributed by atoms with Crippen LogP contribution < -0.4 is 24.8 Å². The second-order valence-electron chi connectivity index (χ2n) is 6.51. The largest absolute Gasteiger partial charge is 0.496 e. The Balaban J connectivity index is 0.00000480. The maximum atomic E-state index is 12.9. The number of nitrogens with zero attached hydrogens (tertiary/aromatic N) is 1. The van der Waals surface area contributed by atoms with Crippen LogP contribution in [0.3, 0.4) is 0 Å². The molecule has 0 spiro atoms. The number of rotatable bonds is 10. The Hall–Kier alpha value is -2.30. The van der Waals surface area contributed by atoms with E-state index in [0.717, 1.165) is 11.3 Å². The lowest BCUT2D eigenvalue weighted by Gasteiger charge is -2.19. The second-order valence-corrected chi connectivity index (χ2v) is 6.51. The molecule has 9 heteroatoms. The molecule has 172 valence electrons. The van der Waals surface area contributed by atoms with Crippen molar-refractivity contribution in [2.45, 2.75) is 32.9 Å². The van der Waals surface area contributed by atoms with Crippen LogP contribution in [0.2, 0.25) is 0 Å². The van der Waals surface area contributed by atoms with Gasteiger partial charge in [-0.25, -0.2) is 0 Å². The summed E-state index contributed by atoms with van der Waals surface area (Å²) in [6.45, 7) is 2.12. The zero-order valence-electron chi connectivity index (χ0n) is 18.2. The standard InChI is InChI=1S/C22H29F2N3O3.HI/c1-5-29-19-12-8-9-16(20(19)30-21(23)24)14-27-22(25-3)26-13-15(2)17-10-6-7-11-18(17)28-4;/h6-12,15,21H,5,13-14H2,1-4H3,(H2,25,26,27);1H. The normalized spacial score (nSPS) is 12.0. The number of hydrogen-bond acceptors (Lipinski definition) is 4. The van der Waals surface area contributed by atoms with Gasteiger partial charge >= 0.3 is 6.61 Å². The van der Waals surface area contributed by atoms with Crippen LogP contribution >= 0.6 is 24.0 Å². The molecule has 0 aliphatic heterocycles. The van der Waals surface area contributed by atoms with Crippen LogP contribution in [0, 0.1) is 0 Å². The first-order valence-corrected chi connectivity index (χ1v) is 9.77. The summed E-state index contributed by atoms with van der Waals surface area (Å²) in [6.07, 6.45) is 0. The first kappa shape index (κ1) is 26.7. The molecule has 0 saturated carbocycles. The van der Waals surface area contributed by atoms with Crippen molar-refractivity contribution >= 4 is 29.9 Å². The van der Waals surface area contributed by atoms with E-state index in [2.05, 4.69) is 22.5 Å². The van der Waals surface area contributed by atoms with Gasteiger partial charge < -0.3 is 24.8 Å². The highest BCUT2D eigenvalue weighted by molar-refractivity contribution is 14.0. The van der Waals surface area contributed by atoms with E-state index < -0.39 is 6.61 Å². The highest BCUT2D eigenvalue weighted by Crippen LogP contribution is 2.32. The number of para-hydroxylation sites is 2. The third kappa shape index (κ3) is 8.04. The topological polar surface area (TPSA) is 64.1 Å². The van der Waals surface area contributed by atoms with Crippen LogP contribution in [0.25, 0.3) is 0 Å². The predicted octanol–water partition coefficient (Wildman–Crippen LogP) is 4.78. The van der Waals surface area contributed by atoms with Crippen LogP contribution in [0.4, 0.5) is 8.78 Å². The minimum absolute atomic E-state index is 0. The number of ether oxygens (including phenoxy) is 3. The van der Waals surface area contributed by atoms with Crippen LogP contribution in [0.5, 0.6) is 17.2 Å². The molecule has 0 saturated heterocycles. The van der Waals surface area contributed by atoms with E-state index in [1.54, 1.807) is 39.3 Å². The van der Waals surface area contributed by atoms with E-state index in [0.29, 0.717) is 24.7 Å². The lowest BCUT2D eigenvalue weighted by Crippen LogP contribution is -2.38. The third-order valence-corrected chi connectivity index (χ3v) is 4.48. The van der Waals surface area contributed by atoms with Gasteiger partial charge in [-0.05, 0) is 24.6 Å². The molecular formula is C22H30F2IN3O3. The fourth-order valence-electron chi connectivity index (χ4n) is 3.03. The van der Waals surface area contributed by atoms with E-state index in [1.165, 1.54) is 0 Å². The molecule has 0 radical (unpaired) electrons. The summed E-state index contributed by atoms with van der Waals surface area (Å²) in [6, 6.07) is 12.9. The molecule has 0 bridgehead atoms. The third-order valence-electron chi connectivity index (χ3n) is 4.48. The molecule has 2 rings (SSSR count). The Bertz CT molecular complexity index is 837. The quantitative estimate of drug-likeness (QED) is 0.254. The van der Waals surface area contributed by atoms with Crippen molar-refractivity contribution in [1.29, 1.82) is 0 Å². The minimum Gasteiger partial charge on any atom is -0.496 e. The lowest BCUT2D eigenvalue weighted by atomic mass is 10.0. The highest BCUT2D eigenvalue weighted by atomic mass is 127.